The van der Waals surface area contributed by atoms with Crippen LogP contribution in [0.3, 0.4) is 0 Å². The molecule has 0 bridgehead atoms. The van der Waals surface area contributed by atoms with E-state index in [1.165, 1.54) is 4.90 Å². The number of aromatic nitrogens is 2. The monoisotopic (exact) mass is 355 g/mol. The van der Waals surface area contributed by atoms with Gasteiger partial charge in [-0.1, -0.05) is 35.3 Å². The van der Waals surface area contributed by atoms with E-state index in [1.807, 2.05) is 32.9 Å². The second-order valence-corrected chi connectivity index (χ2v) is 6.23. The van der Waals surface area contributed by atoms with Crippen molar-refractivity contribution in [2.24, 2.45) is 0 Å². The lowest BCUT2D eigenvalue weighted by Gasteiger charge is -2.29. The van der Waals surface area contributed by atoms with Gasteiger partial charge < -0.3 is 4.90 Å². The van der Waals surface area contributed by atoms with E-state index in [2.05, 4.69) is 4.98 Å². The maximum atomic E-state index is 12.7. The van der Waals surface area contributed by atoms with Crippen LogP contribution in [-0.2, 0) is 11.3 Å². The first-order valence-electron chi connectivity index (χ1n) is 7.50. The molecule has 0 radical (unpaired) electrons. The number of benzene rings is 1. The molecule has 1 aromatic carbocycles. The first-order valence-corrected chi connectivity index (χ1v) is 8.37. The Hall–Kier alpha value is -1.59. The van der Waals surface area contributed by atoms with Gasteiger partial charge in [0.05, 0.1) is 16.9 Å². The van der Waals surface area contributed by atoms with Crippen LogP contribution < -0.4 is 5.56 Å². The van der Waals surface area contributed by atoms with Crippen molar-refractivity contribution in [1.29, 1.82) is 0 Å². The molecule has 0 N–H and O–H groups in total. The zero-order valence-corrected chi connectivity index (χ0v) is 14.8. The number of nitrogens with zero attached hydrogens (tertiary/aromatic N) is 3. The van der Waals surface area contributed by atoms with Crippen LogP contribution in [0.25, 0.3) is 10.9 Å². The van der Waals surface area contributed by atoms with Gasteiger partial charge in [0.1, 0.15) is 5.82 Å². The minimum Gasteiger partial charge on any atom is -0.331 e. The van der Waals surface area contributed by atoms with E-state index >= 15 is 0 Å². The molecule has 1 atom stereocenters. The highest BCUT2D eigenvalue weighted by Crippen LogP contribution is 2.22. The average Bonchev–Trinajstić information content (AvgIpc) is 2.55. The SMILES string of the molecule is CCN(C(=O)C(Cl)Cl)C(C)c1nc2ccccc2c(=O)n1CC. The van der Waals surface area contributed by atoms with Gasteiger partial charge in [-0.2, -0.15) is 0 Å². The largest absolute Gasteiger partial charge is 0.331 e. The molecule has 124 valence electrons. The Morgan fingerprint density at radius 3 is 2.52 bits per heavy atom. The smallest absolute Gasteiger partial charge is 0.261 e. The van der Waals surface area contributed by atoms with Gasteiger partial charge in [0.25, 0.3) is 11.5 Å². The van der Waals surface area contributed by atoms with Crippen molar-refractivity contribution < 1.29 is 4.79 Å². The predicted octanol–water partition coefficient (Wildman–Crippen LogP) is 3.13. The molecule has 0 aliphatic heterocycles. The van der Waals surface area contributed by atoms with E-state index < -0.39 is 16.8 Å². The van der Waals surface area contributed by atoms with Crippen LogP contribution in [0.15, 0.2) is 29.1 Å². The van der Waals surface area contributed by atoms with Crippen LogP contribution in [0.5, 0.6) is 0 Å². The maximum Gasteiger partial charge on any atom is 0.261 e. The van der Waals surface area contributed by atoms with Gasteiger partial charge in [0.15, 0.2) is 4.84 Å². The molecule has 2 aromatic rings. The fourth-order valence-corrected chi connectivity index (χ4v) is 2.95. The molecule has 23 heavy (non-hydrogen) atoms. The maximum absolute atomic E-state index is 12.7. The molecule has 1 amide bonds. The third-order valence-electron chi connectivity index (χ3n) is 3.86. The molecule has 1 heterocycles. The Morgan fingerprint density at radius 1 is 1.30 bits per heavy atom. The van der Waals surface area contributed by atoms with E-state index in [9.17, 15) is 9.59 Å². The minimum atomic E-state index is -1.14. The third-order valence-corrected chi connectivity index (χ3v) is 4.23. The summed E-state index contributed by atoms with van der Waals surface area (Å²) >= 11 is 11.4. The molecule has 2 rings (SSSR count). The van der Waals surface area contributed by atoms with Crippen molar-refractivity contribution in [3.63, 3.8) is 0 Å². The molecule has 5 nitrogen and oxygen atoms in total. The molecule has 0 saturated heterocycles. The lowest BCUT2D eigenvalue weighted by atomic mass is 10.2. The van der Waals surface area contributed by atoms with E-state index in [4.69, 9.17) is 23.2 Å². The van der Waals surface area contributed by atoms with Crippen molar-refractivity contribution in [2.45, 2.75) is 38.2 Å². The number of fused-ring (bicyclic) bond motifs is 1. The second-order valence-electron chi connectivity index (χ2n) is 5.14. The molecule has 1 unspecified atom stereocenters. The van der Waals surface area contributed by atoms with Crippen LogP contribution >= 0.6 is 23.2 Å². The fourth-order valence-electron chi connectivity index (χ4n) is 2.70. The predicted molar refractivity (Wildman–Crippen MR) is 93.0 cm³/mol. The number of hydrogen-bond acceptors (Lipinski definition) is 3. The number of carbonyl (C=O) groups excluding carboxylic acids is 1. The molecule has 0 saturated carbocycles. The van der Waals surface area contributed by atoms with Crippen LogP contribution in [0.1, 0.15) is 32.6 Å². The third kappa shape index (κ3) is 3.35. The highest BCUT2D eigenvalue weighted by Gasteiger charge is 2.27. The highest BCUT2D eigenvalue weighted by atomic mass is 35.5. The molecule has 1 aromatic heterocycles. The van der Waals surface area contributed by atoms with Crippen molar-refractivity contribution in [3.05, 3.63) is 40.4 Å². The Balaban J connectivity index is 2.61. The van der Waals surface area contributed by atoms with Gasteiger partial charge in [-0.25, -0.2) is 4.98 Å². The van der Waals surface area contributed by atoms with Gasteiger partial charge in [-0.05, 0) is 32.9 Å². The van der Waals surface area contributed by atoms with E-state index in [1.54, 1.807) is 16.7 Å². The summed E-state index contributed by atoms with van der Waals surface area (Å²) in [6, 6.07) is 6.76. The van der Waals surface area contributed by atoms with Gasteiger partial charge in [-0.15, -0.1) is 0 Å². The summed E-state index contributed by atoms with van der Waals surface area (Å²) in [7, 11) is 0. The molecule has 0 aliphatic carbocycles. The number of para-hydroxylation sites is 1. The summed E-state index contributed by atoms with van der Waals surface area (Å²) in [5.41, 5.74) is 0.498. The van der Waals surface area contributed by atoms with Crippen molar-refractivity contribution >= 4 is 40.0 Å². The van der Waals surface area contributed by atoms with Crippen LogP contribution in [0.4, 0.5) is 0 Å². The molecule has 7 heteroatoms. The summed E-state index contributed by atoms with van der Waals surface area (Å²) < 4.78 is 1.58. The summed E-state index contributed by atoms with van der Waals surface area (Å²) in [4.78, 5) is 29.8. The van der Waals surface area contributed by atoms with Crippen molar-refractivity contribution in [1.82, 2.24) is 14.5 Å². The Kier molecular flexibility index (Phi) is 5.65. The van der Waals surface area contributed by atoms with Crippen LogP contribution in [0, 0.1) is 0 Å². The number of alkyl halides is 2. The summed E-state index contributed by atoms with van der Waals surface area (Å²) in [6.07, 6.45) is 0. The average molecular weight is 356 g/mol. The number of halogens is 2. The Bertz CT molecular complexity index is 773. The summed E-state index contributed by atoms with van der Waals surface area (Å²) in [6.45, 7) is 6.41. The van der Waals surface area contributed by atoms with Gasteiger partial charge in [-0.3, -0.25) is 14.2 Å². The molecule has 0 aliphatic rings. The number of rotatable bonds is 5. The Labute approximate surface area is 144 Å². The number of carbonyl (C=O) groups is 1. The van der Waals surface area contributed by atoms with E-state index in [-0.39, 0.29) is 5.56 Å². The molecular weight excluding hydrogens is 337 g/mol. The van der Waals surface area contributed by atoms with E-state index in [0.29, 0.717) is 29.8 Å². The van der Waals surface area contributed by atoms with Gasteiger partial charge in [0, 0.05) is 13.1 Å². The molecular formula is C16H19Cl2N3O2. The standard InChI is InChI=1S/C16H19Cl2N3O2/c1-4-20(16(23)13(17)18)10(3)14-19-12-9-7-6-8-11(12)15(22)21(14)5-2/h6-10,13H,4-5H2,1-3H3. The highest BCUT2D eigenvalue weighted by molar-refractivity contribution is 6.53. The van der Waals surface area contributed by atoms with Gasteiger partial charge >= 0.3 is 0 Å². The van der Waals surface area contributed by atoms with Crippen LogP contribution in [0.2, 0.25) is 0 Å². The topological polar surface area (TPSA) is 55.2 Å². The van der Waals surface area contributed by atoms with Crippen LogP contribution in [-0.4, -0.2) is 31.7 Å². The minimum absolute atomic E-state index is 0.114. The van der Waals surface area contributed by atoms with Crippen molar-refractivity contribution in [2.75, 3.05) is 6.54 Å². The fraction of sp³-hybridized carbons (Fsp3) is 0.438. The zero-order chi connectivity index (χ0) is 17.1. The second kappa shape index (κ2) is 7.32. The molecule has 0 fully saturated rings. The van der Waals surface area contributed by atoms with E-state index in [0.717, 1.165) is 0 Å². The summed E-state index contributed by atoms with van der Waals surface area (Å²) in [5.74, 6) is 0.133. The van der Waals surface area contributed by atoms with Crippen molar-refractivity contribution in [3.8, 4) is 0 Å². The zero-order valence-electron chi connectivity index (χ0n) is 13.3. The first-order chi connectivity index (χ1) is 10.9. The van der Waals surface area contributed by atoms with Gasteiger partial charge in [0.2, 0.25) is 0 Å². The lowest BCUT2D eigenvalue weighted by Crippen LogP contribution is -2.39. The lowest BCUT2D eigenvalue weighted by molar-refractivity contribution is -0.131. The quantitative estimate of drug-likeness (QED) is 0.774. The summed E-state index contributed by atoms with van der Waals surface area (Å²) in [5, 5.41) is 0.562. The normalized spacial score (nSPS) is 12.6. The molecule has 0 spiro atoms. The number of hydrogen-bond donors (Lipinski definition) is 0. The first kappa shape index (κ1) is 17.8. The Morgan fingerprint density at radius 2 is 1.96 bits per heavy atom. The number of amides is 1.